The summed E-state index contributed by atoms with van der Waals surface area (Å²) >= 11 is 0. The van der Waals surface area contributed by atoms with Crippen molar-refractivity contribution in [1.29, 1.82) is 0 Å². The molecule has 2 aromatic carbocycles. The van der Waals surface area contributed by atoms with Crippen molar-refractivity contribution in [3.8, 4) is 5.75 Å². The zero-order valence-electron chi connectivity index (χ0n) is 14.9. The summed E-state index contributed by atoms with van der Waals surface area (Å²) in [6.07, 6.45) is 0. The number of hydrogen-bond acceptors (Lipinski definition) is 5. The molecule has 0 saturated carbocycles. The number of rotatable bonds is 7. The van der Waals surface area contributed by atoms with Crippen LogP contribution in [-0.2, 0) is 15.4 Å². The van der Waals surface area contributed by atoms with Crippen molar-refractivity contribution in [3.63, 3.8) is 0 Å². The predicted octanol–water partition coefficient (Wildman–Crippen LogP) is 3.25. The van der Waals surface area contributed by atoms with E-state index in [1.54, 1.807) is 0 Å². The molecule has 0 amide bonds. The van der Waals surface area contributed by atoms with Crippen molar-refractivity contribution in [1.82, 2.24) is 4.72 Å². The Kier molecular flexibility index (Phi) is 5.99. The Bertz CT molecular complexity index is 888. The van der Waals surface area contributed by atoms with E-state index in [2.05, 4.69) is 25.5 Å². The summed E-state index contributed by atoms with van der Waals surface area (Å²) in [6, 6.07) is 12.8. The average molecular weight is 378 g/mol. The molecule has 0 unspecified atom stereocenters. The van der Waals surface area contributed by atoms with Crippen molar-refractivity contribution in [3.05, 3.63) is 64.2 Å². The van der Waals surface area contributed by atoms with Crippen LogP contribution < -0.4 is 9.46 Å². The lowest BCUT2D eigenvalue weighted by Gasteiger charge is -2.22. The van der Waals surface area contributed by atoms with Crippen molar-refractivity contribution in [2.75, 3.05) is 13.2 Å². The lowest BCUT2D eigenvalue weighted by Crippen LogP contribution is -2.29. The van der Waals surface area contributed by atoms with E-state index in [-0.39, 0.29) is 23.5 Å². The van der Waals surface area contributed by atoms with Crippen LogP contribution >= 0.6 is 0 Å². The van der Waals surface area contributed by atoms with Gasteiger partial charge < -0.3 is 4.74 Å². The maximum absolute atomic E-state index is 12.3. The lowest BCUT2D eigenvalue weighted by molar-refractivity contribution is -0.387. The van der Waals surface area contributed by atoms with Crippen LogP contribution in [-0.4, -0.2) is 26.5 Å². The number of nitrogens with one attached hydrogen (secondary N) is 1. The van der Waals surface area contributed by atoms with Gasteiger partial charge in [0.15, 0.2) is 4.90 Å². The molecule has 26 heavy (non-hydrogen) atoms. The second-order valence-electron chi connectivity index (χ2n) is 6.72. The first-order valence-corrected chi connectivity index (χ1v) is 9.56. The van der Waals surface area contributed by atoms with Gasteiger partial charge in [-0.2, -0.15) is 0 Å². The number of hydrogen-bond donors (Lipinski definition) is 1. The lowest BCUT2D eigenvalue weighted by atomic mass is 9.86. The molecule has 140 valence electrons. The minimum absolute atomic E-state index is 0.00708. The van der Waals surface area contributed by atoms with Crippen molar-refractivity contribution in [2.24, 2.45) is 0 Å². The number of sulfonamides is 1. The molecule has 0 aromatic heterocycles. The molecule has 7 nitrogen and oxygen atoms in total. The number of nitro groups is 1. The van der Waals surface area contributed by atoms with E-state index in [0.717, 1.165) is 11.6 Å². The molecule has 1 N–H and O–H groups in total. The number of nitro benzene ring substituents is 1. The first-order chi connectivity index (χ1) is 12.1. The van der Waals surface area contributed by atoms with Crippen LogP contribution in [0.5, 0.6) is 5.75 Å². The SMILES string of the molecule is CC(C)(C)c1ccccc1OCCNS(=O)(=O)c1ccccc1[N+](=O)[O-]. The predicted molar refractivity (Wildman–Crippen MR) is 98.9 cm³/mol. The standard InChI is InChI=1S/C18H22N2O5S/c1-18(2,3)14-8-4-6-10-16(14)25-13-12-19-26(23,24)17-11-7-5-9-15(17)20(21)22/h4-11,19H,12-13H2,1-3H3. The highest BCUT2D eigenvalue weighted by Crippen LogP contribution is 2.30. The molecule has 0 spiro atoms. The summed E-state index contributed by atoms with van der Waals surface area (Å²) in [5.74, 6) is 0.685. The molecular formula is C18H22N2O5S. The highest BCUT2D eigenvalue weighted by molar-refractivity contribution is 7.89. The van der Waals surface area contributed by atoms with Gasteiger partial charge in [0.25, 0.3) is 5.69 Å². The quantitative estimate of drug-likeness (QED) is 0.453. The van der Waals surface area contributed by atoms with E-state index in [1.807, 2.05) is 24.3 Å². The number of ether oxygens (including phenoxy) is 1. The van der Waals surface area contributed by atoms with Crippen LogP contribution in [0.25, 0.3) is 0 Å². The largest absolute Gasteiger partial charge is 0.492 e. The van der Waals surface area contributed by atoms with Gasteiger partial charge in [0.1, 0.15) is 12.4 Å². The summed E-state index contributed by atoms with van der Waals surface area (Å²) in [5, 5.41) is 11.0. The molecule has 0 radical (unpaired) electrons. The average Bonchev–Trinajstić information content (AvgIpc) is 2.58. The number of benzene rings is 2. The van der Waals surface area contributed by atoms with Gasteiger partial charge in [-0.25, -0.2) is 13.1 Å². The third kappa shape index (κ3) is 4.80. The van der Waals surface area contributed by atoms with Crippen molar-refractivity contribution in [2.45, 2.75) is 31.1 Å². The molecule has 2 rings (SSSR count). The Balaban J connectivity index is 2.04. The Morgan fingerprint density at radius 1 is 1.08 bits per heavy atom. The summed E-state index contributed by atoms with van der Waals surface area (Å²) in [4.78, 5) is 9.92. The second kappa shape index (κ2) is 7.84. The number of para-hydroxylation sites is 2. The zero-order chi connectivity index (χ0) is 19.4. The Morgan fingerprint density at radius 3 is 2.35 bits per heavy atom. The van der Waals surface area contributed by atoms with Gasteiger partial charge >= 0.3 is 0 Å². The van der Waals surface area contributed by atoms with Crippen LogP contribution in [0.2, 0.25) is 0 Å². The van der Waals surface area contributed by atoms with Gasteiger partial charge in [-0.05, 0) is 23.1 Å². The van der Waals surface area contributed by atoms with E-state index in [4.69, 9.17) is 4.74 Å². The van der Waals surface area contributed by atoms with E-state index in [1.165, 1.54) is 18.2 Å². The fraction of sp³-hybridized carbons (Fsp3) is 0.333. The van der Waals surface area contributed by atoms with Gasteiger partial charge in [-0.1, -0.05) is 51.1 Å². The van der Waals surface area contributed by atoms with Crippen LogP contribution in [0.4, 0.5) is 5.69 Å². The first-order valence-electron chi connectivity index (χ1n) is 8.08. The third-order valence-corrected chi connectivity index (χ3v) is 5.21. The number of nitrogens with zero attached hydrogens (tertiary/aromatic N) is 1. The smallest absolute Gasteiger partial charge is 0.289 e. The van der Waals surface area contributed by atoms with Gasteiger partial charge in [0.2, 0.25) is 10.0 Å². The van der Waals surface area contributed by atoms with Gasteiger partial charge in [-0.15, -0.1) is 0 Å². The van der Waals surface area contributed by atoms with Crippen molar-refractivity contribution >= 4 is 15.7 Å². The van der Waals surface area contributed by atoms with Crippen LogP contribution in [0.3, 0.4) is 0 Å². The minimum atomic E-state index is -4.00. The molecule has 0 saturated heterocycles. The van der Waals surface area contributed by atoms with Gasteiger partial charge in [0, 0.05) is 12.6 Å². The van der Waals surface area contributed by atoms with E-state index < -0.39 is 20.6 Å². The maximum atomic E-state index is 12.3. The topological polar surface area (TPSA) is 98.5 Å². The zero-order valence-corrected chi connectivity index (χ0v) is 15.7. The molecular weight excluding hydrogens is 356 g/mol. The monoisotopic (exact) mass is 378 g/mol. The van der Waals surface area contributed by atoms with Gasteiger partial charge in [0.05, 0.1) is 4.92 Å². The summed E-state index contributed by atoms with van der Waals surface area (Å²) < 4.78 is 32.7. The molecule has 0 heterocycles. The van der Waals surface area contributed by atoms with Crippen LogP contribution in [0.1, 0.15) is 26.3 Å². The minimum Gasteiger partial charge on any atom is -0.492 e. The van der Waals surface area contributed by atoms with Crippen LogP contribution in [0, 0.1) is 10.1 Å². The second-order valence-corrected chi connectivity index (χ2v) is 8.45. The van der Waals surface area contributed by atoms with E-state index in [9.17, 15) is 18.5 Å². The normalized spacial score (nSPS) is 12.0. The molecule has 0 atom stereocenters. The molecule has 0 aliphatic heterocycles. The fourth-order valence-electron chi connectivity index (χ4n) is 2.46. The fourth-order valence-corrected chi connectivity index (χ4v) is 3.65. The van der Waals surface area contributed by atoms with Gasteiger partial charge in [-0.3, -0.25) is 10.1 Å². The molecule has 0 aliphatic carbocycles. The molecule has 0 bridgehead atoms. The van der Waals surface area contributed by atoms with E-state index in [0.29, 0.717) is 5.75 Å². The Labute approximate surface area is 153 Å². The molecule has 8 heteroatoms. The summed E-state index contributed by atoms with van der Waals surface area (Å²) in [6.45, 7) is 6.28. The van der Waals surface area contributed by atoms with Crippen LogP contribution in [0.15, 0.2) is 53.4 Å². The Morgan fingerprint density at radius 2 is 1.69 bits per heavy atom. The molecule has 2 aromatic rings. The summed E-state index contributed by atoms with van der Waals surface area (Å²) in [7, 11) is -4.00. The van der Waals surface area contributed by atoms with E-state index >= 15 is 0 Å². The Hall–Kier alpha value is -2.45. The highest BCUT2D eigenvalue weighted by atomic mass is 32.2. The first kappa shape index (κ1) is 19.9. The maximum Gasteiger partial charge on any atom is 0.289 e. The summed E-state index contributed by atoms with van der Waals surface area (Å²) in [5.41, 5.74) is 0.446. The third-order valence-electron chi connectivity index (χ3n) is 3.70. The molecule has 0 aliphatic rings. The highest BCUT2D eigenvalue weighted by Gasteiger charge is 2.24. The van der Waals surface area contributed by atoms with Crippen molar-refractivity contribution < 1.29 is 18.1 Å². The molecule has 0 fully saturated rings.